The Morgan fingerprint density at radius 1 is 1.33 bits per heavy atom. The van der Waals surface area contributed by atoms with Crippen LogP contribution in [-0.4, -0.2) is 41.0 Å². The van der Waals surface area contributed by atoms with Gasteiger partial charge in [-0.05, 0) is 18.2 Å². The molecule has 0 aliphatic carbocycles. The van der Waals surface area contributed by atoms with Gasteiger partial charge in [0.25, 0.3) is 5.56 Å². The van der Waals surface area contributed by atoms with Gasteiger partial charge in [-0.1, -0.05) is 24.2 Å². The van der Waals surface area contributed by atoms with E-state index in [1.54, 1.807) is 18.2 Å². The maximum absolute atomic E-state index is 12.5. The Labute approximate surface area is 126 Å². The first-order valence-corrected chi connectivity index (χ1v) is 7.12. The van der Waals surface area contributed by atoms with Gasteiger partial charge in [-0.15, -0.1) is 0 Å². The van der Waals surface area contributed by atoms with Gasteiger partial charge in [0.2, 0.25) is 0 Å². The molecule has 1 aliphatic rings. The number of halogens is 1. The second kappa shape index (κ2) is 5.79. The maximum atomic E-state index is 12.5. The van der Waals surface area contributed by atoms with E-state index in [0.29, 0.717) is 34.5 Å². The number of aromatic amines is 1. The smallest absolute Gasteiger partial charge is 0.280 e. The van der Waals surface area contributed by atoms with Crippen LogP contribution in [0.1, 0.15) is 0 Å². The van der Waals surface area contributed by atoms with Gasteiger partial charge < -0.3 is 9.64 Å². The van der Waals surface area contributed by atoms with Crippen molar-refractivity contribution in [3.8, 4) is 5.69 Å². The first-order chi connectivity index (χ1) is 10.1. The molecule has 0 saturated carbocycles. The monoisotopic (exact) mass is 305 g/mol. The van der Waals surface area contributed by atoms with Crippen molar-refractivity contribution in [1.29, 1.82) is 0 Å². The van der Waals surface area contributed by atoms with Crippen LogP contribution in [0.3, 0.4) is 0 Å². The Kier molecular flexibility index (Phi) is 3.86. The van der Waals surface area contributed by atoms with Crippen LogP contribution in [0.15, 0.2) is 29.1 Å². The minimum Gasteiger partial charge on any atom is -0.378 e. The Balaban J connectivity index is 2.06. The third kappa shape index (κ3) is 2.89. The summed E-state index contributed by atoms with van der Waals surface area (Å²) in [5.74, 6) is 0. The number of hydrogen-bond acceptors (Lipinski definition) is 3. The summed E-state index contributed by atoms with van der Waals surface area (Å²) in [6, 6.07) is 7.13. The molecule has 0 bridgehead atoms. The number of nitrogens with zero attached hydrogens (tertiary/aromatic N) is 2. The zero-order chi connectivity index (χ0) is 14.8. The second-order valence-electron chi connectivity index (χ2n) is 4.90. The summed E-state index contributed by atoms with van der Waals surface area (Å²) in [5, 5.41) is 4.73. The van der Waals surface area contributed by atoms with Gasteiger partial charge in [0.05, 0.1) is 29.5 Å². The van der Waals surface area contributed by atoms with Crippen molar-refractivity contribution in [1.82, 2.24) is 14.7 Å². The van der Waals surface area contributed by atoms with Gasteiger partial charge in [0.1, 0.15) is 0 Å². The topological polar surface area (TPSA) is 50.3 Å². The Morgan fingerprint density at radius 3 is 2.81 bits per heavy atom. The van der Waals surface area contributed by atoms with Crippen molar-refractivity contribution in [2.24, 2.45) is 0 Å². The fourth-order valence-corrected chi connectivity index (χ4v) is 2.50. The number of morpholine rings is 1. The molecule has 0 amide bonds. The van der Waals surface area contributed by atoms with E-state index in [0.717, 1.165) is 13.1 Å². The molecule has 1 fully saturated rings. The Hall–Kier alpha value is -1.98. The van der Waals surface area contributed by atoms with Crippen LogP contribution in [0, 0.1) is 0 Å². The molecule has 6 heteroatoms. The van der Waals surface area contributed by atoms with Gasteiger partial charge >= 0.3 is 0 Å². The summed E-state index contributed by atoms with van der Waals surface area (Å²) in [6.45, 7) is 6.83. The van der Waals surface area contributed by atoms with Gasteiger partial charge in [-0.3, -0.25) is 9.89 Å². The predicted octanol–water partition coefficient (Wildman–Crippen LogP) is 0.299. The fraction of sp³-hybridized carbons (Fsp3) is 0.267. The van der Waals surface area contributed by atoms with Crippen molar-refractivity contribution in [2.45, 2.75) is 0 Å². The fourth-order valence-electron chi connectivity index (χ4n) is 2.31. The molecule has 1 aromatic heterocycles. The number of nitrogens with one attached hydrogen (secondary N) is 1. The maximum Gasteiger partial charge on any atom is 0.280 e. The Morgan fingerprint density at radius 2 is 2.10 bits per heavy atom. The highest BCUT2D eigenvalue weighted by molar-refractivity contribution is 6.30. The molecule has 1 aromatic carbocycles. The molecule has 0 unspecified atom stereocenters. The predicted molar refractivity (Wildman–Crippen MR) is 83.0 cm³/mol. The van der Waals surface area contributed by atoms with E-state index in [1.807, 2.05) is 12.3 Å². The second-order valence-corrected chi connectivity index (χ2v) is 5.34. The lowest BCUT2D eigenvalue weighted by atomic mass is 10.3. The first-order valence-electron chi connectivity index (χ1n) is 6.75. The summed E-state index contributed by atoms with van der Waals surface area (Å²) >= 11 is 5.97. The largest absolute Gasteiger partial charge is 0.378 e. The Bertz CT molecular complexity index is 803. The van der Waals surface area contributed by atoms with E-state index in [4.69, 9.17) is 16.3 Å². The summed E-state index contributed by atoms with van der Waals surface area (Å²) in [4.78, 5) is 14.6. The third-order valence-electron chi connectivity index (χ3n) is 3.43. The van der Waals surface area contributed by atoms with E-state index in [-0.39, 0.29) is 5.56 Å². The molecule has 3 rings (SSSR count). The molecule has 0 spiro atoms. The van der Waals surface area contributed by atoms with Crippen molar-refractivity contribution in [2.75, 3.05) is 26.3 Å². The molecular weight excluding hydrogens is 290 g/mol. The third-order valence-corrected chi connectivity index (χ3v) is 3.66. The van der Waals surface area contributed by atoms with E-state index in [1.165, 1.54) is 4.68 Å². The zero-order valence-corrected chi connectivity index (χ0v) is 12.3. The van der Waals surface area contributed by atoms with Gasteiger partial charge in [-0.25, -0.2) is 4.68 Å². The van der Waals surface area contributed by atoms with Crippen LogP contribution in [0.25, 0.3) is 18.5 Å². The number of hydrogen-bond donors (Lipinski definition) is 1. The van der Waals surface area contributed by atoms with E-state index in [2.05, 4.69) is 16.6 Å². The highest BCUT2D eigenvalue weighted by atomic mass is 35.5. The summed E-state index contributed by atoms with van der Waals surface area (Å²) in [5.41, 5.74) is 0.563. The van der Waals surface area contributed by atoms with Crippen LogP contribution < -0.4 is 16.1 Å². The van der Waals surface area contributed by atoms with Crippen LogP contribution in [0.2, 0.25) is 5.02 Å². The number of benzene rings is 1. The van der Waals surface area contributed by atoms with Crippen LogP contribution in [0.4, 0.5) is 0 Å². The average molecular weight is 306 g/mol. The zero-order valence-electron chi connectivity index (χ0n) is 11.5. The molecule has 1 N–H and O–H groups in total. The van der Waals surface area contributed by atoms with E-state index < -0.39 is 0 Å². The minimum absolute atomic E-state index is 0.131. The molecular formula is C15H16ClN3O2. The number of ether oxygens (including phenoxy) is 1. The van der Waals surface area contributed by atoms with Gasteiger partial charge in [0.15, 0.2) is 0 Å². The molecule has 1 saturated heterocycles. The lowest BCUT2D eigenvalue weighted by Crippen LogP contribution is -2.40. The lowest BCUT2D eigenvalue weighted by molar-refractivity contribution is 0.0662. The first kappa shape index (κ1) is 14.0. The molecule has 0 atom stereocenters. The minimum atomic E-state index is -0.131. The average Bonchev–Trinajstić information content (AvgIpc) is 2.76. The molecule has 1 aliphatic heterocycles. The summed E-state index contributed by atoms with van der Waals surface area (Å²) in [6.07, 6.45) is 1.85. The SMILES string of the molecule is C=c1[nH]n(-c2cccc(Cl)c2)c(=O)/c1=C\N1CCOCC1. The van der Waals surface area contributed by atoms with Gasteiger partial charge in [0, 0.05) is 24.3 Å². The van der Waals surface area contributed by atoms with E-state index >= 15 is 0 Å². The van der Waals surface area contributed by atoms with Crippen LogP contribution in [0.5, 0.6) is 0 Å². The molecule has 21 heavy (non-hydrogen) atoms. The molecule has 0 radical (unpaired) electrons. The molecule has 2 aromatic rings. The summed E-state index contributed by atoms with van der Waals surface area (Å²) < 4.78 is 6.76. The highest BCUT2D eigenvalue weighted by Crippen LogP contribution is 2.11. The lowest BCUT2D eigenvalue weighted by Gasteiger charge is -2.24. The van der Waals surface area contributed by atoms with Crippen molar-refractivity contribution in [3.63, 3.8) is 0 Å². The number of rotatable bonds is 2. The van der Waals surface area contributed by atoms with Crippen molar-refractivity contribution >= 4 is 24.4 Å². The normalized spacial score (nSPS) is 16.4. The highest BCUT2D eigenvalue weighted by Gasteiger charge is 2.09. The summed E-state index contributed by atoms with van der Waals surface area (Å²) in [7, 11) is 0. The molecule has 2 heterocycles. The van der Waals surface area contributed by atoms with E-state index in [9.17, 15) is 4.79 Å². The van der Waals surface area contributed by atoms with Crippen molar-refractivity contribution < 1.29 is 4.74 Å². The molecule has 110 valence electrons. The van der Waals surface area contributed by atoms with Crippen LogP contribution in [-0.2, 0) is 4.74 Å². The number of H-pyrrole nitrogens is 1. The standard InChI is InChI=1S/C15H16ClN3O2/c1-11-14(10-18-5-7-21-8-6-18)15(20)19(17-11)13-4-2-3-12(16)9-13/h2-4,9-10,17H,1,5-8H2/b14-10-. The van der Waals surface area contributed by atoms with Gasteiger partial charge in [-0.2, -0.15) is 0 Å². The quantitative estimate of drug-likeness (QED) is 0.868. The van der Waals surface area contributed by atoms with Crippen LogP contribution >= 0.6 is 11.6 Å². The number of aromatic nitrogens is 2. The van der Waals surface area contributed by atoms with Crippen molar-refractivity contribution in [3.05, 3.63) is 50.2 Å². The molecule has 5 nitrogen and oxygen atoms in total.